The number of aromatic nitrogens is 3. The quantitative estimate of drug-likeness (QED) is 0.821. The van der Waals surface area contributed by atoms with Crippen molar-refractivity contribution < 1.29 is 0 Å². The highest BCUT2D eigenvalue weighted by Crippen LogP contribution is 2.08. The molecule has 2 rings (SSSR count). The molecule has 0 aliphatic rings. The molecular weight excluding hydrogens is 204 g/mol. The van der Waals surface area contributed by atoms with Crippen molar-refractivity contribution in [3.05, 3.63) is 33.9 Å². The number of nitrogens with two attached hydrogens (primary N) is 1. The van der Waals surface area contributed by atoms with Crippen LogP contribution in [-0.2, 0) is 19.5 Å². The van der Waals surface area contributed by atoms with E-state index < -0.39 is 0 Å². The molecule has 0 saturated heterocycles. The topological polar surface area (TPSA) is 65.3 Å². The van der Waals surface area contributed by atoms with Crippen molar-refractivity contribution in [2.75, 3.05) is 0 Å². The number of rotatable bonds is 3. The van der Waals surface area contributed by atoms with Gasteiger partial charge in [-0.1, -0.05) is 6.92 Å². The second kappa shape index (κ2) is 4.09. The number of nitrogens with zero attached hydrogens (tertiary/aromatic N) is 3. The highest BCUT2D eigenvalue weighted by atomic mass is 16.1. The van der Waals surface area contributed by atoms with E-state index in [-0.39, 0.29) is 5.56 Å². The van der Waals surface area contributed by atoms with Crippen LogP contribution in [0.3, 0.4) is 0 Å². The summed E-state index contributed by atoms with van der Waals surface area (Å²) in [6, 6.07) is 3.51. The maximum atomic E-state index is 11.8. The highest BCUT2D eigenvalue weighted by molar-refractivity contribution is 5.42. The summed E-state index contributed by atoms with van der Waals surface area (Å²) in [5.41, 5.74) is 8.13. The predicted molar refractivity (Wildman–Crippen MR) is 62.4 cm³/mol. The van der Waals surface area contributed by atoms with Crippen LogP contribution in [0.25, 0.3) is 5.65 Å². The second-order valence-corrected chi connectivity index (χ2v) is 3.68. The fourth-order valence-corrected chi connectivity index (χ4v) is 1.91. The summed E-state index contributed by atoms with van der Waals surface area (Å²) in [6.07, 6.45) is 0.822. The van der Waals surface area contributed by atoms with Crippen LogP contribution in [-0.4, -0.2) is 14.2 Å². The Kier molecular flexibility index (Phi) is 2.78. The second-order valence-electron chi connectivity index (χ2n) is 3.68. The van der Waals surface area contributed by atoms with Crippen molar-refractivity contribution >= 4 is 5.65 Å². The van der Waals surface area contributed by atoms with Gasteiger partial charge in [-0.3, -0.25) is 4.79 Å². The summed E-state index contributed by atoms with van der Waals surface area (Å²) >= 11 is 0. The molecule has 5 heteroatoms. The van der Waals surface area contributed by atoms with Crippen LogP contribution in [0.5, 0.6) is 0 Å². The van der Waals surface area contributed by atoms with Crippen molar-refractivity contribution in [1.82, 2.24) is 14.2 Å². The Morgan fingerprint density at radius 3 is 2.69 bits per heavy atom. The van der Waals surface area contributed by atoms with Gasteiger partial charge in [0.05, 0.1) is 5.69 Å². The largest absolute Gasteiger partial charge is 0.329 e. The Labute approximate surface area is 93.5 Å². The molecule has 0 saturated carbocycles. The average Bonchev–Trinajstić information content (AvgIpc) is 2.73. The third-order valence-corrected chi connectivity index (χ3v) is 2.75. The molecular formula is C11H16N4O. The zero-order chi connectivity index (χ0) is 11.7. The van der Waals surface area contributed by atoms with Crippen molar-refractivity contribution in [1.29, 1.82) is 0 Å². The van der Waals surface area contributed by atoms with Crippen LogP contribution in [0.15, 0.2) is 16.9 Å². The minimum Gasteiger partial charge on any atom is -0.329 e. The van der Waals surface area contributed by atoms with Gasteiger partial charge >= 0.3 is 0 Å². The van der Waals surface area contributed by atoms with Gasteiger partial charge in [-0.05, 0) is 13.3 Å². The maximum absolute atomic E-state index is 11.8. The standard InChI is InChI=1S/C11H16N4O/c1-3-8-5-10-14(4-2)9(7-12)6-11(16)15(10)13-8/h5-6H,3-4,7,12H2,1-2H3. The molecule has 2 N–H and O–H groups in total. The lowest BCUT2D eigenvalue weighted by Gasteiger charge is -2.10. The summed E-state index contributed by atoms with van der Waals surface area (Å²) < 4.78 is 3.47. The van der Waals surface area contributed by atoms with E-state index >= 15 is 0 Å². The summed E-state index contributed by atoms with van der Waals surface area (Å²) in [5, 5.41) is 4.26. The van der Waals surface area contributed by atoms with Crippen LogP contribution >= 0.6 is 0 Å². The Morgan fingerprint density at radius 2 is 2.12 bits per heavy atom. The van der Waals surface area contributed by atoms with Crippen molar-refractivity contribution in [2.45, 2.75) is 33.4 Å². The Morgan fingerprint density at radius 1 is 1.38 bits per heavy atom. The molecule has 16 heavy (non-hydrogen) atoms. The molecule has 0 unspecified atom stereocenters. The van der Waals surface area contributed by atoms with Gasteiger partial charge in [0.2, 0.25) is 0 Å². The first kappa shape index (κ1) is 10.9. The molecule has 0 atom stereocenters. The van der Waals surface area contributed by atoms with Gasteiger partial charge in [0.25, 0.3) is 5.56 Å². The van der Waals surface area contributed by atoms with Crippen LogP contribution in [0.4, 0.5) is 0 Å². The van der Waals surface area contributed by atoms with Gasteiger partial charge in [0, 0.05) is 30.9 Å². The zero-order valence-corrected chi connectivity index (χ0v) is 9.60. The maximum Gasteiger partial charge on any atom is 0.274 e. The first-order valence-corrected chi connectivity index (χ1v) is 5.52. The molecule has 0 aliphatic heterocycles. The molecule has 2 heterocycles. The number of hydrogen-bond donors (Lipinski definition) is 1. The molecule has 0 aliphatic carbocycles. The molecule has 0 bridgehead atoms. The first-order valence-electron chi connectivity index (χ1n) is 5.52. The van der Waals surface area contributed by atoms with E-state index in [0.29, 0.717) is 6.54 Å². The third kappa shape index (κ3) is 1.53. The molecule has 0 amide bonds. The minimum atomic E-state index is -0.111. The molecule has 2 aromatic rings. The SMILES string of the molecule is CCc1cc2n(CC)c(CN)cc(=O)n2n1. The molecule has 0 radical (unpaired) electrons. The summed E-state index contributed by atoms with van der Waals surface area (Å²) in [5.74, 6) is 0. The smallest absolute Gasteiger partial charge is 0.274 e. The summed E-state index contributed by atoms with van der Waals surface area (Å²) in [6.45, 7) is 5.20. The van der Waals surface area contributed by atoms with Gasteiger partial charge in [0.15, 0.2) is 0 Å². The summed E-state index contributed by atoms with van der Waals surface area (Å²) in [4.78, 5) is 11.8. The first-order chi connectivity index (χ1) is 7.71. The zero-order valence-electron chi connectivity index (χ0n) is 9.60. The lowest BCUT2D eigenvalue weighted by Crippen LogP contribution is -2.22. The Bertz CT molecular complexity index is 567. The molecule has 2 aromatic heterocycles. The van der Waals surface area contributed by atoms with Crippen molar-refractivity contribution in [3.63, 3.8) is 0 Å². The van der Waals surface area contributed by atoms with Gasteiger partial charge in [-0.25, -0.2) is 0 Å². The van der Waals surface area contributed by atoms with E-state index in [9.17, 15) is 4.79 Å². The van der Waals surface area contributed by atoms with Gasteiger partial charge in [0.1, 0.15) is 5.65 Å². The number of aryl methyl sites for hydroxylation is 2. The van der Waals surface area contributed by atoms with Crippen LogP contribution < -0.4 is 11.3 Å². The minimum absolute atomic E-state index is 0.111. The van der Waals surface area contributed by atoms with E-state index in [2.05, 4.69) is 5.10 Å². The highest BCUT2D eigenvalue weighted by Gasteiger charge is 2.09. The molecule has 0 fully saturated rings. The Hall–Kier alpha value is -1.62. The Balaban J connectivity index is 2.84. The summed E-state index contributed by atoms with van der Waals surface area (Å²) in [7, 11) is 0. The number of fused-ring (bicyclic) bond motifs is 1. The van der Waals surface area contributed by atoms with Crippen molar-refractivity contribution in [2.24, 2.45) is 5.73 Å². The lowest BCUT2D eigenvalue weighted by molar-refractivity contribution is 0.688. The number of hydrogen-bond acceptors (Lipinski definition) is 3. The molecule has 0 aromatic carbocycles. The normalized spacial score (nSPS) is 11.2. The van der Waals surface area contributed by atoms with Crippen molar-refractivity contribution in [3.8, 4) is 0 Å². The van der Waals surface area contributed by atoms with E-state index in [1.54, 1.807) is 6.07 Å². The predicted octanol–water partition coefficient (Wildman–Crippen LogP) is 0.537. The van der Waals surface area contributed by atoms with E-state index in [4.69, 9.17) is 5.73 Å². The van der Waals surface area contributed by atoms with E-state index in [1.165, 1.54) is 4.52 Å². The fourth-order valence-electron chi connectivity index (χ4n) is 1.91. The molecule has 5 nitrogen and oxygen atoms in total. The van der Waals surface area contributed by atoms with E-state index in [0.717, 1.165) is 30.0 Å². The fraction of sp³-hybridized carbons (Fsp3) is 0.455. The van der Waals surface area contributed by atoms with E-state index in [1.807, 2.05) is 24.5 Å². The van der Waals surface area contributed by atoms with Crippen LogP contribution in [0.2, 0.25) is 0 Å². The third-order valence-electron chi connectivity index (χ3n) is 2.75. The molecule has 86 valence electrons. The lowest BCUT2D eigenvalue weighted by atomic mass is 10.3. The van der Waals surface area contributed by atoms with Gasteiger partial charge in [-0.15, -0.1) is 0 Å². The monoisotopic (exact) mass is 220 g/mol. The van der Waals surface area contributed by atoms with Crippen LogP contribution in [0, 0.1) is 0 Å². The van der Waals surface area contributed by atoms with Gasteiger partial charge in [-0.2, -0.15) is 9.61 Å². The van der Waals surface area contributed by atoms with Gasteiger partial charge < -0.3 is 10.3 Å². The molecule has 0 spiro atoms. The average molecular weight is 220 g/mol. The van der Waals surface area contributed by atoms with Crippen LogP contribution in [0.1, 0.15) is 25.2 Å².